The van der Waals surface area contributed by atoms with E-state index in [0.29, 0.717) is 45.3 Å². The number of rotatable bonds is 10. The van der Waals surface area contributed by atoms with E-state index >= 15 is 0 Å². The first-order chi connectivity index (χ1) is 10.2. The molecule has 122 valence electrons. The van der Waals surface area contributed by atoms with Crippen LogP contribution in [0.4, 0.5) is 0 Å². The number of carbonyl (C=O) groups is 1. The maximum absolute atomic E-state index is 11.7. The maximum Gasteiger partial charge on any atom is 0.324 e. The highest BCUT2D eigenvalue weighted by Gasteiger charge is 2.46. The predicted molar refractivity (Wildman–Crippen MR) is 77.4 cm³/mol. The van der Waals surface area contributed by atoms with Crippen LogP contribution < -0.4 is 5.32 Å². The van der Waals surface area contributed by atoms with Crippen molar-refractivity contribution < 1.29 is 24.1 Å². The average Bonchev–Trinajstić information content (AvgIpc) is 3.27. The van der Waals surface area contributed by atoms with Gasteiger partial charge in [0, 0.05) is 19.6 Å². The SMILES string of the molecule is COCCOCCOC1CCCC(NC2CC2)(C(=O)O)C1. The van der Waals surface area contributed by atoms with Crippen LogP contribution in [0.2, 0.25) is 0 Å². The minimum Gasteiger partial charge on any atom is -0.480 e. The first-order valence-electron chi connectivity index (χ1n) is 7.86. The summed E-state index contributed by atoms with van der Waals surface area (Å²) < 4.78 is 16.1. The Hall–Kier alpha value is -0.690. The highest BCUT2D eigenvalue weighted by atomic mass is 16.5. The Labute approximate surface area is 126 Å². The Morgan fingerprint density at radius 1 is 1.24 bits per heavy atom. The minimum atomic E-state index is -0.791. The minimum absolute atomic E-state index is 0.00660. The Balaban J connectivity index is 1.72. The lowest BCUT2D eigenvalue weighted by molar-refractivity contribution is -0.149. The van der Waals surface area contributed by atoms with E-state index < -0.39 is 11.5 Å². The van der Waals surface area contributed by atoms with Crippen molar-refractivity contribution in [3.8, 4) is 0 Å². The van der Waals surface area contributed by atoms with Gasteiger partial charge in [-0.05, 0) is 32.1 Å². The summed E-state index contributed by atoms with van der Waals surface area (Å²) in [5.74, 6) is -0.737. The van der Waals surface area contributed by atoms with Gasteiger partial charge in [-0.1, -0.05) is 0 Å². The lowest BCUT2D eigenvalue weighted by atomic mass is 9.80. The van der Waals surface area contributed by atoms with Gasteiger partial charge >= 0.3 is 5.97 Å². The zero-order chi connectivity index (χ0) is 15.1. The molecular formula is C15H27NO5. The molecule has 21 heavy (non-hydrogen) atoms. The second-order valence-electron chi connectivity index (χ2n) is 6.00. The summed E-state index contributed by atoms with van der Waals surface area (Å²) >= 11 is 0. The molecule has 0 aromatic carbocycles. The summed E-state index contributed by atoms with van der Waals surface area (Å²) in [7, 11) is 1.64. The van der Waals surface area contributed by atoms with Crippen molar-refractivity contribution in [1.82, 2.24) is 5.32 Å². The Morgan fingerprint density at radius 2 is 2.00 bits per heavy atom. The summed E-state index contributed by atoms with van der Waals surface area (Å²) in [5.41, 5.74) is -0.791. The molecule has 0 aliphatic heterocycles. The van der Waals surface area contributed by atoms with E-state index in [1.165, 1.54) is 0 Å². The first kappa shape index (κ1) is 16.7. The van der Waals surface area contributed by atoms with E-state index in [2.05, 4.69) is 5.32 Å². The van der Waals surface area contributed by atoms with Gasteiger partial charge in [0.15, 0.2) is 0 Å². The quantitative estimate of drug-likeness (QED) is 0.590. The zero-order valence-electron chi connectivity index (χ0n) is 12.8. The lowest BCUT2D eigenvalue weighted by Crippen LogP contribution is -2.57. The van der Waals surface area contributed by atoms with Gasteiger partial charge in [0.05, 0.1) is 32.5 Å². The Bertz CT molecular complexity index is 334. The highest BCUT2D eigenvalue weighted by molar-refractivity contribution is 5.79. The monoisotopic (exact) mass is 301 g/mol. The summed E-state index contributed by atoms with van der Waals surface area (Å²) in [6.45, 7) is 2.17. The summed E-state index contributed by atoms with van der Waals surface area (Å²) in [6, 6.07) is 0.386. The van der Waals surface area contributed by atoms with Crippen molar-refractivity contribution in [3.05, 3.63) is 0 Å². The molecule has 0 aromatic rings. The second kappa shape index (κ2) is 8.08. The van der Waals surface area contributed by atoms with Gasteiger partial charge in [-0.25, -0.2) is 0 Å². The van der Waals surface area contributed by atoms with Gasteiger partial charge < -0.3 is 19.3 Å². The molecule has 0 radical (unpaired) electrons. The molecule has 6 nitrogen and oxygen atoms in total. The molecule has 2 N–H and O–H groups in total. The number of nitrogens with one attached hydrogen (secondary N) is 1. The van der Waals surface area contributed by atoms with Crippen molar-refractivity contribution in [2.45, 2.75) is 56.2 Å². The van der Waals surface area contributed by atoms with Crippen LogP contribution in [0.3, 0.4) is 0 Å². The number of carboxylic acids is 1. The third-order valence-corrected chi connectivity index (χ3v) is 4.19. The number of carboxylic acid groups (broad SMARTS) is 1. The van der Waals surface area contributed by atoms with Crippen LogP contribution >= 0.6 is 0 Å². The molecule has 2 rings (SSSR count). The van der Waals surface area contributed by atoms with Crippen LogP contribution in [0.25, 0.3) is 0 Å². The average molecular weight is 301 g/mol. The molecule has 2 saturated carbocycles. The van der Waals surface area contributed by atoms with Crippen LogP contribution in [0.1, 0.15) is 38.5 Å². The molecule has 2 aliphatic rings. The van der Waals surface area contributed by atoms with Gasteiger partial charge in [-0.3, -0.25) is 10.1 Å². The van der Waals surface area contributed by atoms with Crippen LogP contribution in [0.15, 0.2) is 0 Å². The normalized spacial score (nSPS) is 29.5. The molecule has 2 unspecified atom stereocenters. The van der Waals surface area contributed by atoms with Crippen molar-refractivity contribution in [1.29, 1.82) is 0 Å². The fourth-order valence-electron chi connectivity index (χ4n) is 2.89. The van der Waals surface area contributed by atoms with Crippen molar-refractivity contribution in [3.63, 3.8) is 0 Å². The smallest absolute Gasteiger partial charge is 0.324 e. The van der Waals surface area contributed by atoms with Crippen molar-refractivity contribution >= 4 is 5.97 Å². The Morgan fingerprint density at radius 3 is 2.67 bits per heavy atom. The van der Waals surface area contributed by atoms with Crippen molar-refractivity contribution in [2.75, 3.05) is 33.5 Å². The van der Waals surface area contributed by atoms with Gasteiger partial charge in [0.2, 0.25) is 0 Å². The maximum atomic E-state index is 11.7. The van der Waals surface area contributed by atoms with Crippen LogP contribution in [0, 0.1) is 0 Å². The van der Waals surface area contributed by atoms with E-state index in [1.54, 1.807) is 7.11 Å². The van der Waals surface area contributed by atoms with Crippen molar-refractivity contribution in [2.24, 2.45) is 0 Å². The van der Waals surface area contributed by atoms with Crippen LogP contribution in [-0.2, 0) is 19.0 Å². The van der Waals surface area contributed by atoms with Gasteiger partial charge in [0.1, 0.15) is 5.54 Å². The van der Waals surface area contributed by atoms with Gasteiger partial charge in [-0.2, -0.15) is 0 Å². The molecule has 0 aromatic heterocycles. The summed E-state index contributed by atoms with van der Waals surface area (Å²) in [4.78, 5) is 11.7. The van der Waals surface area contributed by atoms with E-state index in [9.17, 15) is 9.90 Å². The van der Waals surface area contributed by atoms with Gasteiger partial charge in [-0.15, -0.1) is 0 Å². The fraction of sp³-hybridized carbons (Fsp3) is 0.933. The van der Waals surface area contributed by atoms with Crippen LogP contribution in [-0.4, -0.2) is 62.3 Å². The number of aliphatic carboxylic acids is 1. The molecule has 6 heteroatoms. The molecule has 2 aliphatic carbocycles. The highest BCUT2D eigenvalue weighted by Crippen LogP contribution is 2.34. The number of methoxy groups -OCH3 is 1. The standard InChI is InChI=1S/C15H27NO5/c1-19-7-8-20-9-10-21-13-3-2-6-15(11-13,14(17)18)16-12-4-5-12/h12-13,16H,2-11H2,1H3,(H,17,18). The van der Waals surface area contributed by atoms with Crippen LogP contribution in [0.5, 0.6) is 0 Å². The lowest BCUT2D eigenvalue weighted by Gasteiger charge is -2.38. The number of hydrogen-bond acceptors (Lipinski definition) is 5. The van der Waals surface area contributed by atoms with E-state index in [4.69, 9.17) is 14.2 Å². The van der Waals surface area contributed by atoms with E-state index in [0.717, 1.165) is 25.7 Å². The molecule has 0 bridgehead atoms. The second-order valence-corrected chi connectivity index (χ2v) is 6.00. The molecule has 0 heterocycles. The largest absolute Gasteiger partial charge is 0.480 e. The number of ether oxygens (including phenoxy) is 3. The van der Waals surface area contributed by atoms with E-state index in [-0.39, 0.29) is 6.10 Å². The topological polar surface area (TPSA) is 77.0 Å². The third kappa shape index (κ3) is 5.21. The van der Waals surface area contributed by atoms with Gasteiger partial charge in [0.25, 0.3) is 0 Å². The summed E-state index contributed by atoms with van der Waals surface area (Å²) in [5, 5.41) is 12.9. The Kier molecular flexibility index (Phi) is 6.41. The molecular weight excluding hydrogens is 274 g/mol. The van der Waals surface area contributed by atoms with E-state index in [1.807, 2.05) is 0 Å². The molecule has 2 atom stereocenters. The molecule has 2 fully saturated rings. The number of hydrogen-bond donors (Lipinski definition) is 2. The fourth-order valence-corrected chi connectivity index (χ4v) is 2.89. The third-order valence-electron chi connectivity index (χ3n) is 4.19. The molecule has 0 spiro atoms. The predicted octanol–water partition coefficient (Wildman–Crippen LogP) is 1.18. The summed E-state index contributed by atoms with van der Waals surface area (Å²) in [6.07, 6.45) is 5.26. The molecule has 0 saturated heterocycles. The zero-order valence-corrected chi connectivity index (χ0v) is 12.8. The molecule has 0 amide bonds. The first-order valence-corrected chi connectivity index (χ1v) is 7.86.